The van der Waals surface area contributed by atoms with Crippen molar-refractivity contribution in [2.24, 2.45) is 0 Å². The molecule has 0 saturated heterocycles. The molecule has 0 aliphatic carbocycles. The van der Waals surface area contributed by atoms with Crippen molar-refractivity contribution in [1.82, 2.24) is 5.32 Å². The van der Waals surface area contributed by atoms with E-state index in [2.05, 4.69) is 5.32 Å². The van der Waals surface area contributed by atoms with Crippen LogP contribution in [-0.2, 0) is 0 Å². The van der Waals surface area contributed by atoms with Crippen LogP contribution < -0.4 is 5.32 Å². The van der Waals surface area contributed by atoms with Crippen LogP contribution in [0.3, 0.4) is 0 Å². The van der Waals surface area contributed by atoms with Crippen molar-refractivity contribution in [2.45, 2.75) is 25.1 Å². The molecule has 1 aromatic rings. The van der Waals surface area contributed by atoms with Crippen molar-refractivity contribution < 1.29 is 15.0 Å². The summed E-state index contributed by atoms with van der Waals surface area (Å²) in [5.41, 5.74) is 1.17. The van der Waals surface area contributed by atoms with Crippen molar-refractivity contribution in [1.29, 1.82) is 0 Å². The molecule has 0 heterocycles. The van der Waals surface area contributed by atoms with E-state index in [0.29, 0.717) is 0 Å². The molecule has 1 amide bonds. The normalized spacial score (nSPS) is 14.0. The van der Waals surface area contributed by atoms with E-state index in [9.17, 15) is 9.90 Å². The zero-order valence-electron chi connectivity index (χ0n) is 10.8. The van der Waals surface area contributed by atoms with Gasteiger partial charge in [0.1, 0.15) is 5.75 Å². The summed E-state index contributed by atoms with van der Waals surface area (Å²) < 4.78 is 0. The minimum atomic E-state index is -0.323. The summed E-state index contributed by atoms with van der Waals surface area (Å²) in [6.45, 7) is 3.70. The number of nitrogens with one attached hydrogen (secondary N) is 1. The Morgan fingerprint density at radius 2 is 2.17 bits per heavy atom. The molecule has 3 N–H and O–H groups in total. The molecule has 0 fully saturated rings. The van der Waals surface area contributed by atoms with Gasteiger partial charge in [-0.2, -0.15) is 11.8 Å². The molecule has 2 atom stereocenters. The lowest BCUT2D eigenvalue weighted by Crippen LogP contribution is -2.41. The second-order valence-electron chi connectivity index (χ2n) is 4.24. The molecule has 0 bridgehead atoms. The highest BCUT2D eigenvalue weighted by molar-refractivity contribution is 7.99. The van der Waals surface area contributed by atoms with Crippen LogP contribution in [0, 0.1) is 6.92 Å². The Bertz CT molecular complexity index is 419. The van der Waals surface area contributed by atoms with Crippen molar-refractivity contribution in [3.05, 3.63) is 29.3 Å². The molecule has 0 radical (unpaired) electrons. The van der Waals surface area contributed by atoms with Gasteiger partial charge in [-0.25, -0.2) is 0 Å². The van der Waals surface area contributed by atoms with Gasteiger partial charge in [0.2, 0.25) is 0 Å². The number of phenols is 1. The Morgan fingerprint density at radius 3 is 2.72 bits per heavy atom. The summed E-state index contributed by atoms with van der Waals surface area (Å²) in [5.74, 6) is -0.355. The number of carbonyl (C=O) groups excluding carboxylic acids is 1. The third kappa shape index (κ3) is 3.65. The van der Waals surface area contributed by atoms with Gasteiger partial charge in [-0.3, -0.25) is 4.79 Å². The second kappa shape index (κ2) is 6.66. The first-order chi connectivity index (χ1) is 8.49. The third-order valence-corrected chi connectivity index (χ3v) is 3.96. The highest BCUT2D eigenvalue weighted by Gasteiger charge is 2.19. The molecule has 18 heavy (non-hydrogen) atoms. The van der Waals surface area contributed by atoms with Crippen LogP contribution in [0.2, 0.25) is 0 Å². The molecule has 4 nitrogen and oxygen atoms in total. The summed E-state index contributed by atoms with van der Waals surface area (Å²) in [5, 5.41) is 21.5. The number of aryl methyl sites for hydroxylation is 1. The lowest BCUT2D eigenvalue weighted by molar-refractivity contribution is 0.0933. The number of aliphatic hydroxyl groups is 1. The van der Waals surface area contributed by atoms with Gasteiger partial charge in [-0.1, -0.05) is 11.6 Å². The van der Waals surface area contributed by atoms with Crippen LogP contribution in [0.5, 0.6) is 5.75 Å². The molecule has 0 aliphatic rings. The molecule has 2 unspecified atom stereocenters. The first kappa shape index (κ1) is 14.9. The van der Waals surface area contributed by atoms with Gasteiger partial charge in [-0.15, -0.1) is 0 Å². The van der Waals surface area contributed by atoms with Gasteiger partial charge in [0.05, 0.1) is 12.2 Å². The van der Waals surface area contributed by atoms with Crippen molar-refractivity contribution in [3.63, 3.8) is 0 Å². The highest BCUT2D eigenvalue weighted by atomic mass is 32.2. The van der Waals surface area contributed by atoms with Gasteiger partial charge >= 0.3 is 0 Å². The number of aliphatic hydroxyl groups excluding tert-OH is 1. The topological polar surface area (TPSA) is 69.6 Å². The van der Waals surface area contributed by atoms with Crippen molar-refractivity contribution in [3.8, 4) is 5.75 Å². The maximum Gasteiger partial charge on any atom is 0.255 e. The lowest BCUT2D eigenvalue weighted by Gasteiger charge is -2.21. The summed E-state index contributed by atoms with van der Waals surface area (Å²) in [4.78, 5) is 12.0. The summed E-state index contributed by atoms with van der Waals surface area (Å²) >= 11 is 1.50. The van der Waals surface area contributed by atoms with E-state index in [1.807, 2.05) is 20.1 Å². The number of rotatable bonds is 5. The quantitative estimate of drug-likeness (QED) is 0.758. The van der Waals surface area contributed by atoms with E-state index >= 15 is 0 Å². The van der Waals surface area contributed by atoms with Crippen LogP contribution in [0.25, 0.3) is 0 Å². The first-order valence-corrected chi connectivity index (χ1v) is 7.02. The van der Waals surface area contributed by atoms with E-state index in [0.717, 1.165) is 5.56 Å². The van der Waals surface area contributed by atoms with Crippen LogP contribution >= 0.6 is 11.8 Å². The standard InChI is InChI=1S/C13H19NO3S/c1-8-4-5-11(16)10(6-8)13(17)14-9(2)12(7-15)18-3/h4-6,9,12,15-16H,7H2,1-3H3,(H,14,17). The zero-order valence-corrected chi connectivity index (χ0v) is 11.6. The molecule has 100 valence electrons. The van der Waals surface area contributed by atoms with E-state index in [4.69, 9.17) is 5.11 Å². The molecular weight excluding hydrogens is 250 g/mol. The minimum absolute atomic E-state index is 0.00239. The molecule has 1 rings (SSSR count). The monoisotopic (exact) mass is 269 g/mol. The van der Waals surface area contributed by atoms with Crippen LogP contribution in [0.15, 0.2) is 18.2 Å². The lowest BCUT2D eigenvalue weighted by atomic mass is 10.1. The number of hydrogen-bond donors (Lipinski definition) is 3. The highest BCUT2D eigenvalue weighted by Crippen LogP contribution is 2.19. The maximum atomic E-state index is 12.0. The Labute approximate surface area is 111 Å². The molecule has 0 saturated carbocycles. The van der Waals surface area contributed by atoms with Gasteiger partial charge in [-0.05, 0) is 32.2 Å². The fraction of sp³-hybridized carbons (Fsp3) is 0.462. The van der Waals surface area contributed by atoms with Gasteiger partial charge in [0.25, 0.3) is 5.91 Å². The van der Waals surface area contributed by atoms with E-state index in [1.54, 1.807) is 12.1 Å². The van der Waals surface area contributed by atoms with Crippen molar-refractivity contribution >= 4 is 17.7 Å². The third-order valence-electron chi connectivity index (χ3n) is 2.80. The number of amides is 1. The number of hydrogen-bond acceptors (Lipinski definition) is 4. The van der Waals surface area contributed by atoms with Crippen LogP contribution in [-0.4, -0.2) is 40.3 Å². The Morgan fingerprint density at radius 1 is 1.50 bits per heavy atom. The predicted octanol–water partition coefficient (Wildman–Crippen LogP) is 1.54. The minimum Gasteiger partial charge on any atom is -0.507 e. The molecule has 0 aromatic heterocycles. The average molecular weight is 269 g/mol. The molecular formula is C13H19NO3S. The average Bonchev–Trinajstić information content (AvgIpc) is 2.33. The van der Waals surface area contributed by atoms with Crippen LogP contribution in [0.1, 0.15) is 22.8 Å². The Kier molecular flexibility index (Phi) is 5.50. The predicted molar refractivity (Wildman–Crippen MR) is 74.2 cm³/mol. The fourth-order valence-corrected chi connectivity index (χ4v) is 2.27. The first-order valence-electron chi connectivity index (χ1n) is 5.73. The summed E-state index contributed by atoms with van der Waals surface area (Å²) in [6.07, 6.45) is 1.88. The van der Waals surface area contributed by atoms with E-state index in [-0.39, 0.29) is 35.1 Å². The molecule has 0 spiro atoms. The molecule has 5 heteroatoms. The van der Waals surface area contributed by atoms with E-state index < -0.39 is 0 Å². The number of carbonyl (C=O) groups is 1. The SMILES string of the molecule is CSC(CO)C(C)NC(=O)c1cc(C)ccc1O. The molecule has 0 aliphatic heterocycles. The Hall–Kier alpha value is -1.20. The van der Waals surface area contributed by atoms with Crippen LogP contribution in [0.4, 0.5) is 0 Å². The number of benzene rings is 1. The zero-order chi connectivity index (χ0) is 13.7. The fourth-order valence-electron chi connectivity index (χ4n) is 1.65. The number of phenolic OH excluding ortho intramolecular Hbond substituents is 1. The summed E-state index contributed by atoms with van der Waals surface area (Å²) in [7, 11) is 0. The van der Waals surface area contributed by atoms with Crippen molar-refractivity contribution in [2.75, 3.05) is 12.9 Å². The smallest absolute Gasteiger partial charge is 0.255 e. The number of thioether (sulfide) groups is 1. The molecule has 1 aromatic carbocycles. The van der Waals surface area contributed by atoms with Gasteiger partial charge < -0.3 is 15.5 Å². The second-order valence-corrected chi connectivity index (χ2v) is 5.32. The van der Waals surface area contributed by atoms with E-state index in [1.165, 1.54) is 17.8 Å². The Balaban J connectivity index is 2.79. The van der Waals surface area contributed by atoms with Gasteiger partial charge in [0, 0.05) is 11.3 Å². The number of aromatic hydroxyl groups is 1. The van der Waals surface area contributed by atoms with Gasteiger partial charge in [0.15, 0.2) is 0 Å². The maximum absolute atomic E-state index is 12.0. The summed E-state index contributed by atoms with van der Waals surface area (Å²) in [6, 6.07) is 4.73. The largest absolute Gasteiger partial charge is 0.507 e.